The summed E-state index contributed by atoms with van der Waals surface area (Å²) in [5, 5.41) is 0. The summed E-state index contributed by atoms with van der Waals surface area (Å²) in [7, 11) is -4.70. The summed E-state index contributed by atoms with van der Waals surface area (Å²) < 4.78 is 88.1. The summed E-state index contributed by atoms with van der Waals surface area (Å²) in [6.07, 6.45) is -3.29. The molecule has 0 heterocycles. The van der Waals surface area contributed by atoms with Crippen LogP contribution in [0, 0.1) is 5.82 Å². The van der Waals surface area contributed by atoms with Crippen LogP contribution < -0.4 is 0 Å². The topological polar surface area (TPSA) is 51.2 Å². The van der Waals surface area contributed by atoms with E-state index in [9.17, 15) is 35.2 Å². The summed E-state index contributed by atoms with van der Waals surface area (Å²) in [4.78, 5) is 10.2. The number of fused-ring (bicyclic) bond motifs is 1. The number of ketones is 1. The Kier molecular flexibility index (Phi) is 2.92. The Morgan fingerprint density at radius 1 is 1.26 bits per heavy atom. The standard InChI is InChI=1S/C10H5F5O3S/c11-3-19(17,18)5-2-1-4(12)6-7(5)9(16)10(14,15)8(6)13/h1-2,8H,3H2/t8-/m1/s1. The van der Waals surface area contributed by atoms with Crippen molar-refractivity contribution in [3.63, 3.8) is 0 Å². The average molecular weight is 300 g/mol. The van der Waals surface area contributed by atoms with Gasteiger partial charge in [-0.15, -0.1) is 0 Å². The Bertz CT molecular complexity index is 668. The molecule has 104 valence electrons. The largest absolute Gasteiger partial charge is 0.344 e. The summed E-state index contributed by atoms with van der Waals surface area (Å²) in [5.41, 5.74) is -2.65. The van der Waals surface area contributed by atoms with Crippen LogP contribution in [-0.4, -0.2) is 26.1 Å². The molecule has 1 aromatic carbocycles. The van der Waals surface area contributed by atoms with Crippen LogP contribution in [0.2, 0.25) is 0 Å². The molecule has 19 heavy (non-hydrogen) atoms. The second-order valence-corrected chi connectivity index (χ2v) is 5.76. The molecule has 0 radical (unpaired) electrons. The molecule has 0 amide bonds. The van der Waals surface area contributed by atoms with Crippen molar-refractivity contribution < 1.29 is 35.2 Å². The molecular formula is C10H5F5O3S. The first-order valence-corrected chi connectivity index (χ1v) is 6.47. The van der Waals surface area contributed by atoms with Crippen molar-refractivity contribution in [1.29, 1.82) is 0 Å². The number of halogens is 5. The maximum Gasteiger partial charge on any atom is 0.344 e. The van der Waals surface area contributed by atoms with Gasteiger partial charge >= 0.3 is 5.92 Å². The molecular weight excluding hydrogens is 295 g/mol. The second kappa shape index (κ2) is 3.99. The van der Waals surface area contributed by atoms with Crippen LogP contribution in [-0.2, 0) is 9.84 Å². The number of rotatable bonds is 2. The Balaban J connectivity index is 2.85. The fourth-order valence-corrected chi connectivity index (χ4v) is 2.74. The van der Waals surface area contributed by atoms with Crippen molar-refractivity contribution in [2.24, 2.45) is 0 Å². The van der Waals surface area contributed by atoms with Crippen LogP contribution >= 0.6 is 0 Å². The van der Waals surface area contributed by atoms with Crippen molar-refractivity contribution in [1.82, 2.24) is 0 Å². The van der Waals surface area contributed by atoms with Crippen LogP contribution in [0.5, 0.6) is 0 Å². The Morgan fingerprint density at radius 3 is 2.37 bits per heavy atom. The number of carbonyl (C=O) groups excluding carboxylic acids is 1. The Hall–Kier alpha value is -1.51. The molecule has 0 fully saturated rings. The molecule has 0 aromatic heterocycles. The van der Waals surface area contributed by atoms with Crippen LogP contribution in [0.4, 0.5) is 22.0 Å². The number of alkyl halides is 4. The van der Waals surface area contributed by atoms with Crippen LogP contribution in [0.1, 0.15) is 22.1 Å². The molecule has 1 atom stereocenters. The lowest BCUT2D eigenvalue weighted by Gasteiger charge is -2.09. The van der Waals surface area contributed by atoms with Crippen molar-refractivity contribution in [2.45, 2.75) is 17.0 Å². The molecule has 1 aliphatic carbocycles. The molecule has 0 spiro atoms. The maximum absolute atomic E-state index is 13.4. The van der Waals surface area contributed by atoms with Gasteiger partial charge in [-0.05, 0) is 12.1 Å². The molecule has 0 aliphatic heterocycles. The number of Topliss-reactive ketones (excluding diaryl/α,β-unsaturated/α-hetero) is 1. The first-order chi connectivity index (χ1) is 8.64. The smallest absolute Gasteiger partial charge is 0.287 e. The van der Waals surface area contributed by atoms with Crippen LogP contribution in [0.3, 0.4) is 0 Å². The number of carbonyl (C=O) groups is 1. The summed E-state index contributed by atoms with van der Waals surface area (Å²) >= 11 is 0. The monoisotopic (exact) mass is 300 g/mol. The summed E-state index contributed by atoms with van der Waals surface area (Å²) in [6, 6.07) is -1.10. The molecule has 1 aromatic rings. The minimum absolute atomic E-state index is 0.405. The molecule has 1 aliphatic rings. The fourth-order valence-electron chi connectivity index (χ4n) is 1.84. The van der Waals surface area contributed by atoms with Gasteiger partial charge < -0.3 is 0 Å². The lowest BCUT2D eigenvalue weighted by atomic mass is 10.1. The SMILES string of the molecule is O=C1c2c(S(=O)(=O)CF)ccc(F)c2[C@@H](F)C1(F)F. The van der Waals surface area contributed by atoms with E-state index >= 15 is 0 Å². The van der Waals surface area contributed by atoms with E-state index in [1.54, 1.807) is 0 Å². The number of hydrogen-bond acceptors (Lipinski definition) is 3. The van der Waals surface area contributed by atoms with Crippen molar-refractivity contribution >= 4 is 15.6 Å². The lowest BCUT2D eigenvalue weighted by molar-refractivity contribution is -0.0372. The predicted molar refractivity (Wildman–Crippen MR) is 52.7 cm³/mol. The fraction of sp³-hybridized carbons (Fsp3) is 0.300. The van der Waals surface area contributed by atoms with E-state index in [1.165, 1.54) is 0 Å². The normalized spacial score (nSPS) is 21.5. The molecule has 0 saturated heterocycles. The van der Waals surface area contributed by atoms with Gasteiger partial charge in [-0.25, -0.2) is 21.6 Å². The van der Waals surface area contributed by atoms with E-state index in [0.717, 1.165) is 0 Å². The molecule has 3 nitrogen and oxygen atoms in total. The molecule has 0 N–H and O–H groups in total. The predicted octanol–water partition coefficient (Wildman–Crippen LogP) is 2.37. The highest BCUT2D eigenvalue weighted by molar-refractivity contribution is 7.91. The van der Waals surface area contributed by atoms with Gasteiger partial charge in [0.05, 0.1) is 10.5 Å². The van der Waals surface area contributed by atoms with E-state index in [0.29, 0.717) is 12.1 Å². The van der Waals surface area contributed by atoms with Gasteiger partial charge in [0.15, 0.2) is 12.2 Å². The van der Waals surface area contributed by atoms with Gasteiger partial charge in [-0.3, -0.25) is 4.79 Å². The average Bonchev–Trinajstić information content (AvgIpc) is 2.52. The number of benzene rings is 1. The van der Waals surface area contributed by atoms with Gasteiger partial charge in [0.25, 0.3) is 0 Å². The summed E-state index contributed by atoms with van der Waals surface area (Å²) in [5.74, 6) is -8.21. The Morgan fingerprint density at radius 2 is 1.84 bits per heavy atom. The minimum atomic E-state index is -4.70. The zero-order chi connectivity index (χ0) is 14.6. The van der Waals surface area contributed by atoms with Crippen molar-refractivity contribution in [2.75, 3.05) is 6.01 Å². The maximum atomic E-state index is 13.4. The van der Waals surface area contributed by atoms with E-state index in [1.807, 2.05) is 0 Å². The third-order valence-electron chi connectivity index (χ3n) is 2.73. The molecule has 0 unspecified atom stereocenters. The van der Waals surface area contributed by atoms with Crippen molar-refractivity contribution in [3.8, 4) is 0 Å². The first-order valence-electron chi connectivity index (χ1n) is 4.82. The minimum Gasteiger partial charge on any atom is -0.287 e. The quantitative estimate of drug-likeness (QED) is 0.622. The van der Waals surface area contributed by atoms with Gasteiger partial charge in [-0.2, -0.15) is 8.78 Å². The van der Waals surface area contributed by atoms with Crippen LogP contribution in [0.25, 0.3) is 0 Å². The van der Waals surface area contributed by atoms with E-state index in [-0.39, 0.29) is 0 Å². The van der Waals surface area contributed by atoms with Gasteiger partial charge in [0, 0.05) is 5.56 Å². The third kappa shape index (κ3) is 1.75. The first kappa shape index (κ1) is 13.9. The summed E-state index contributed by atoms with van der Waals surface area (Å²) in [6.45, 7) is 0. The molecule has 2 rings (SSSR count). The molecule has 0 saturated carbocycles. The highest BCUT2D eigenvalue weighted by Crippen LogP contribution is 2.48. The van der Waals surface area contributed by atoms with Gasteiger partial charge in [-0.1, -0.05) is 0 Å². The van der Waals surface area contributed by atoms with Gasteiger partial charge in [0.2, 0.25) is 15.6 Å². The lowest BCUT2D eigenvalue weighted by Crippen LogP contribution is -2.27. The highest BCUT2D eigenvalue weighted by Gasteiger charge is 2.59. The molecule has 9 heteroatoms. The van der Waals surface area contributed by atoms with Gasteiger partial charge in [0.1, 0.15) is 5.82 Å². The van der Waals surface area contributed by atoms with Crippen LogP contribution in [0.15, 0.2) is 17.0 Å². The number of sulfone groups is 1. The van der Waals surface area contributed by atoms with E-state index < -0.39 is 55.6 Å². The highest BCUT2D eigenvalue weighted by atomic mass is 32.2. The van der Waals surface area contributed by atoms with E-state index in [2.05, 4.69) is 0 Å². The zero-order valence-corrected chi connectivity index (χ0v) is 9.78. The second-order valence-electron chi connectivity index (χ2n) is 3.87. The van der Waals surface area contributed by atoms with Crippen molar-refractivity contribution in [3.05, 3.63) is 29.1 Å². The number of hydrogen-bond donors (Lipinski definition) is 0. The molecule has 0 bridgehead atoms. The zero-order valence-electron chi connectivity index (χ0n) is 8.96. The van der Waals surface area contributed by atoms with E-state index in [4.69, 9.17) is 0 Å². The third-order valence-corrected chi connectivity index (χ3v) is 4.03. The Labute approximate surface area is 103 Å².